The lowest BCUT2D eigenvalue weighted by Crippen LogP contribution is -2.56. The van der Waals surface area contributed by atoms with Crippen LogP contribution in [0.15, 0.2) is 0 Å². The number of aliphatic hydroxyl groups excluding tert-OH is 1. The zero-order valence-corrected chi connectivity index (χ0v) is 16.3. The third kappa shape index (κ3) is 9.34. The minimum absolute atomic E-state index is 0.0639. The van der Waals surface area contributed by atoms with Gasteiger partial charge in [0.05, 0.1) is 13.2 Å². The first kappa shape index (κ1) is 24.8. The smallest absolute Gasteiger partial charge is 0.326 e. The zero-order valence-electron chi connectivity index (χ0n) is 16.3. The van der Waals surface area contributed by atoms with Crippen molar-refractivity contribution < 1.29 is 29.4 Å². The Bertz CT molecular complexity index is 526. The maximum Gasteiger partial charge on any atom is 0.326 e. The van der Waals surface area contributed by atoms with Gasteiger partial charge in [0.1, 0.15) is 18.1 Å². The summed E-state index contributed by atoms with van der Waals surface area (Å²) in [6.45, 7) is 6.30. The summed E-state index contributed by atoms with van der Waals surface area (Å²) in [7, 11) is 0. The highest BCUT2D eigenvalue weighted by atomic mass is 16.4. The second kappa shape index (κ2) is 12.2. The summed E-state index contributed by atoms with van der Waals surface area (Å²) < 4.78 is 0. The number of nitrogens with two attached hydrogens (primary N) is 1. The molecule has 0 aliphatic heterocycles. The van der Waals surface area contributed by atoms with Gasteiger partial charge in [-0.15, -0.1) is 0 Å². The molecule has 27 heavy (non-hydrogen) atoms. The molecule has 4 unspecified atom stereocenters. The van der Waals surface area contributed by atoms with E-state index in [1.54, 1.807) is 6.92 Å². The zero-order chi connectivity index (χ0) is 21.1. The third-order valence-electron chi connectivity index (χ3n) is 4.09. The van der Waals surface area contributed by atoms with Crippen LogP contribution in [-0.2, 0) is 19.2 Å². The maximum atomic E-state index is 12.5. The topological polar surface area (TPSA) is 171 Å². The minimum atomic E-state index is -1.14. The molecule has 7 N–H and O–H groups in total. The van der Waals surface area contributed by atoms with Gasteiger partial charge in [0.15, 0.2) is 0 Å². The van der Waals surface area contributed by atoms with E-state index in [1.807, 2.05) is 20.8 Å². The average Bonchev–Trinajstić information content (AvgIpc) is 2.61. The van der Waals surface area contributed by atoms with E-state index >= 15 is 0 Å². The van der Waals surface area contributed by atoms with Gasteiger partial charge in [-0.05, 0) is 18.3 Å². The van der Waals surface area contributed by atoms with E-state index in [1.165, 1.54) is 0 Å². The second-order valence-electron chi connectivity index (χ2n) is 6.97. The summed E-state index contributed by atoms with van der Waals surface area (Å²) in [4.78, 5) is 47.4. The van der Waals surface area contributed by atoms with Gasteiger partial charge in [0, 0.05) is 0 Å². The first-order valence-corrected chi connectivity index (χ1v) is 9.00. The number of carboxylic acid groups (broad SMARTS) is 1. The van der Waals surface area contributed by atoms with Crippen LogP contribution >= 0.6 is 0 Å². The first-order valence-electron chi connectivity index (χ1n) is 9.00. The van der Waals surface area contributed by atoms with Crippen LogP contribution in [0.2, 0.25) is 0 Å². The molecular weight excluding hydrogens is 356 g/mol. The molecule has 0 fully saturated rings. The molecule has 10 heteroatoms. The van der Waals surface area contributed by atoms with E-state index in [0.717, 1.165) is 0 Å². The first-order chi connectivity index (χ1) is 12.5. The van der Waals surface area contributed by atoms with Crippen molar-refractivity contribution in [1.29, 1.82) is 0 Å². The van der Waals surface area contributed by atoms with E-state index in [9.17, 15) is 24.3 Å². The molecule has 4 atom stereocenters. The Kier molecular flexibility index (Phi) is 11.2. The van der Waals surface area contributed by atoms with Crippen molar-refractivity contribution in [1.82, 2.24) is 16.0 Å². The van der Waals surface area contributed by atoms with Crippen LogP contribution in [0.25, 0.3) is 0 Å². The van der Waals surface area contributed by atoms with E-state index in [-0.39, 0.29) is 18.3 Å². The van der Waals surface area contributed by atoms with Gasteiger partial charge in [-0.25, -0.2) is 4.79 Å². The number of aliphatic carboxylic acids is 1. The van der Waals surface area contributed by atoms with Gasteiger partial charge in [0.2, 0.25) is 17.7 Å². The number of rotatable bonds is 12. The van der Waals surface area contributed by atoms with Crippen molar-refractivity contribution in [2.45, 2.75) is 58.7 Å². The molecule has 0 radical (unpaired) electrons. The standard InChI is InChI=1S/C17H32N4O6/c1-5-10(4)14(16(25)20-12(17(26)27)6-9(2)3)21-13(23)7-19-15(24)11(18)8-22/h9-12,14,22H,5-8,18H2,1-4H3,(H,19,24)(H,20,25)(H,21,23)(H,26,27). The Balaban J connectivity index is 4.95. The van der Waals surface area contributed by atoms with Crippen LogP contribution in [0.4, 0.5) is 0 Å². The number of hydrogen-bond acceptors (Lipinski definition) is 6. The predicted octanol–water partition coefficient (Wildman–Crippen LogP) is -1.43. The molecule has 0 heterocycles. The molecule has 156 valence electrons. The number of aliphatic hydroxyl groups is 1. The quantitative estimate of drug-likeness (QED) is 0.238. The molecule has 0 spiro atoms. The van der Waals surface area contributed by atoms with Gasteiger partial charge in [0.25, 0.3) is 0 Å². The van der Waals surface area contributed by atoms with Crippen molar-refractivity contribution in [2.24, 2.45) is 17.6 Å². The molecule has 0 aliphatic rings. The molecule has 0 saturated heterocycles. The third-order valence-corrected chi connectivity index (χ3v) is 4.09. The Labute approximate surface area is 159 Å². The fourth-order valence-electron chi connectivity index (χ4n) is 2.26. The monoisotopic (exact) mass is 388 g/mol. The minimum Gasteiger partial charge on any atom is -0.480 e. The van der Waals surface area contributed by atoms with Crippen LogP contribution in [-0.4, -0.2) is 65.2 Å². The van der Waals surface area contributed by atoms with Crippen molar-refractivity contribution >= 4 is 23.7 Å². The Hall–Kier alpha value is -2.20. The van der Waals surface area contributed by atoms with Crippen LogP contribution in [0.1, 0.15) is 40.5 Å². The predicted molar refractivity (Wildman–Crippen MR) is 98.5 cm³/mol. The molecule has 0 aromatic heterocycles. The van der Waals surface area contributed by atoms with E-state index in [4.69, 9.17) is 10.8 Å². The lowest BCUT2D eigenvalue weighted by atomic mass is 9.97. The summed E-state index contributed by atoms with van der Waals surface area (Å²) in [6, 6.07) is -3.14. The van der Waals surface area contributed by atoms with Gasteiger partial charge in [-0.1, -0.05) is 34.1 Å². The summed E-state index contributed by atoms with van der Waals surface area (Å²) in [5.41, 5.74) is 5.33. The lowest BCUT2D eigenvalue weighted by molar-refractivity contribution is -0.143. The fraction of sp³-hybridized carbons (Fsp3) is 0.765. The second-order valence-corrected chi connectivity index (χ2v) is 6.97. The normalized spacial score (nSPS) is 15.4. The summed E-state index contributed by atoms with van der Waals surface area (Å²) >= 11 is 0. The van der Waals surface area contributed by atoms with Crippen LogP contribution < -0.4 is 21.7 Å². The Morgan fingerprint density at radius 3 is 2.07 bits per heavy atom. The SMILES string of the molecule is CCC(C)C(NC(=O)CNC(=O)C(N)CO)C(=O)NC(CC(C)C)C(=O)O. The molecule has 0 aromatic carbocycles. The number of hydrogen-bond donors (Lipinski definition) is 6. The van der Waals surface area contributed by atoms with Crippen molar-refractivity contribution in [3.63, 3.8) is 0 Å². The molecule has 0 bridgehead atoms. The van der Waals surface area contributed by atoms with Crippen molar-refractivity contribution in [3.8, 4) is 0 Å². The van der Waals surface area contributed by atoms with Gasteiger partial charge < -0.3 is 31.9 Å². The van der Waals surface area contributed by atoms with E-state index < -0.39 is 55.0 Å². The summed E-state index contributed by atoms with van der Waals surface area (Å²) in [5.74, 6) is -3.24. The number of carbonyl (C=O) groups is 4. The number of carbonyl (C=O) groups excluding carboxylic acids is 3. The van der Waals surface area contributed by atoms with Gasteiger partial charge in [-0.2, -0.15) is 0 Å². The fourth-order valence-corrected chi connectivity index (χ4v) is 2.26. The molecular formula is C17H32N4O6. The maximum absolute atomic E-state index is 12.5. The molecule has 0 rings (SSSR count). The lowest BCUT2D eigenvalue weighted by Gasteiger charge is -2.26. The van der Waals surface area contributed by atoms with Crippen molar-refractivity contribution in [3.05, 3.63) is 0 Å². The highest BCUT2D eigenvalue weighted by molar-refractivity contribution is 5.92. The molecule has 3 amide bonds. The highest BCUT2D eigenvalue weighted by Crippen LogP contribution is 2.10. The van der Waals surface area contributed by atoms with Crippen molar-refractivity contribution in [2.75, 3.05) is 13.2 Å². The van der Waals surface area contributed by atoms with Gasteiger partial charge in [-0.3, -0.25) is 14.4 Å². The number of carboxylic acids is 1. The molecule has 0 saturated carbocycles. The Morgan fingerprint density at radius 2 is 1.63 bits per heavy atom. The highest BCUT2D eigenvalue weighted by Gasteiger charge is 2.30. The van der Waals surface area contributed by atoms with Gasteiger partial charge >= 0.3 is 5.97 Å². The molecule has 0 aliphatic carbocycles. The summed E-state index contributed by atoms with van der Waals surface area (Å²) in [5, 5.41) is 25.3. The van der Waals surface area contributed by atoms with Crippen LogP contribution in [0.3, 0.4) is 0 Å². The van der Waals surface area contributed by atoms with E-state index in [2.05, 4.69) is 16.0 Å². The summed E-state index contributed by atoms with van der Waals surface area (Å²) in [6.07, 6.45) is 0.833. The van der Waals surface area contributed by atoms with Crippen LogP contribution in [0, 0.1) is 11.8 Å². The number of nitrogens with one attached hydrogen (secondary N) is 3. The van der Waals surface area contributed by atoms with Crippen LogP contribution in [0.5, 0.6) is 0 Å². The number of amides is 3. The largest absolute Gasteiger partial charge is 0.480 e. The Morgan fingerprint density at radius 1 is 1.04 bits per heavy atom. The molecule has 0 aromatic rings. The average molecular weight is 388 g/mol. The molecule has 10 nitrogen and oxygen atoms in total. The van der Waals surface area contributed by atoms with E-state index in [0.29, 0.717) is 6.42 Å².